The zero-order valence-electron chi connectivity index (χ0n) is 9.81. The summed E-state index contributed by atoms with van der Waals surface area (Å²) in [4.78, 5) is 11.4. The molecule has 0 spiro atoms. The van der Waals surface area contributed by atoms with Crippen LogP contribution in [0.2, 0.25) is 0 Å². The van der Waals surface area contributed by atoms with Gasteiger partial charge in [0.15, 0.2) is 6.79 Å². The molecule has 0 fully saturated rings. The van der Waals surface area contributed by atoms with Crippen molar-refractivity contribution in [2.45, 2.75) is 32.8 Å². The smallest absolute Gasteiger partial charge is 0.312 e. The van der Waals surface area contributed by atoms with E-state index in [1.54, 1.807) is 0 Å². The van der Waals surface area contributed by atoms with E-state index >= 15 is 0 Å². The minimum atomic E-state index is -0.255. The summed E-state index contributed by atoms with van der Waals surface area (Å²) in [6, 6.07) is 9.52. The van der Waals surface area contributed by atoms with E-state index in [1.807, 2.05) is 44.2 Å². The molecule has 0 aliphatic heterocycles. The highest BCUT2D eigenvalue weighted by Crippen LogP contribution is 2.01. The van der Waals surface area contributed by atoms with Crippen LogP contribution in [0.25, 0.3) is 0 Å². The molecule has 0 amide bonds. The van der Waals surface area contributed by atoms with Gasteiger partial charge in [-0.3, -0.25) is 4.79 Å². The van der Waals surface area contributed by atoms with E-state index in [0.29, 0.717) is 6.42 Å². The van der Waals surface area contributed by atoms with Crippen molar-refractivity contribution in [1.29, 1.82) is 0 Å². The van der Waals surface area contributed by atoms with Crippen LogP contribution in [-0.2, 0) is 20.7 Å². The minimum Gasteiger partial charge on any atom is -0.438 e. The van der Waals surface area contributed by atoms with Crippen LogP contribution in [0.5, 0.6) is 0 Å². The van der Waals surface area contributed by atoms with Gasteiger partial charge in [-0.25, -0.2) is 0 Å². The molecule has 88 valence electrons. The van der Waals surface area contributed by atoms with Gasteiger partial charge in [-0.1, -0.05) is 37.3 Å². The first kappa shape index (κ1) is 12.7. The van der Waals surface area contributed by atoms with E-state index in [9.17, 15) is 4.79 Å². The van der Waals surface area contributed by atoms with Crippen LogP contribution in [-0.4, -0.2) is 18.9 Å². The average molecular weight is 222 g/mol. The Balaban J connectivity index is 2.21. The summed E-state index contributed by atoms with van der Waals surface area (Å²) in [6.07, 6.45) is 1.34. The Labute approximate surface area is 96.4 Å². The van der Waals surface area contributed by atoms with E-state index in [2.05, 4.69) is 0 Å². The fourth-order valence-electron chi connectivity index (χ4n) is 1.15. The molecular formula is C13H18O3. The summed E-state index contributed by atoms with van der Waals surface area (Å²) >= 11 is 0. The number of benzene rings is 1. The van der Waals surface area contributed by atoms with Crippen molar-refractivity contribution in [2.24, 2.45) is 0 Å². The predicted octanol–water partition coefficient (Wildman–Crippen LogP) is 2.54. The van der Waals surface area contributed by atoms with Crippen LogP contribution in [0.4, 0.5) is 0 Å². The van der Waals surface area contributed by atoms with Gasteiger partial charge in [-0.2, -0.15) is 0 Å². The maximum atomic E-state index is 11.4. The second-order valence-corrected chi connectivity index (χ2v) is 3.68. The van der Waals surface area contributed by atoms with Crippen LogP contribution in [0.3, 0.4) is 0 Å². The van der Waals surface area contributed by atoms with E-state index in [1.165, 1.54) is 0 Å². The highest BCUT2D eigenvalue weighted by atomic mass is 16.7. The number of rotatable bonds is 6. The molecule has 0 radical (unpaired) electrons. The third-order valence-electron chi connectivity index (χ3n) is 2.34. The van der Waals surface area contributed by atoms with E-state index in [-0.39, 0.29) is 18.9 Å². The lowest BCUT2D eigenvalue weighted by Crippen LogP contribution is -2.15. The Hall–Kier alpha value is -1.35. The van der Waals surface area contributed by atoms with Crippen molar-refractivity contribution in [3.63, 3.8) is 0 Å². The Morgan fingerprint density at radius 1 is 1.31 bits per heavy atom. The van der Waals surface area contributed by atoms with Gasteiger partial charge < -0.3 is 9.47 Å². The third kappa shape index (κ3) is 4.94. The predicted molar refractivity (Wildman–Crippen MR) is 61.9 cm³/mol. The first-order chi connectivity index (χ1) is 7.72. The third-order valence-corrected chi connectivity index (χ3v) is 2.34. The SMILES string of the molecule is CCC(C)OCOC(=O)Cc1ccccc1. The second-order valence-electron chi connectivity index (χ2n) is 3.68. The van der Waals surface area contributed by atoms with Crippen LogP contribution < -0.4 is 0 Å². The van der Waals surface area contributed by atoms with Gasteiger partial charge in [0, 0.05) is 0 Å². The Morgan fingerprint density at radius 3 is 2.62 bits per heavy atom. The highest BCUT2D eigenvalue weighted by Gasteiger charge is 2.05. The van der Waals surface area contributed by atoms with Gasteiger partial charge in [0.1, 0.15) is 0 Å². The normalized spacial score (nSPS) is 12.1. The lowest BCUT2D eigenvalue weighted by Gasteiger charge is -2.10. The monoisotopic (exact) mass is 222 g/mol. The number of ether oxygens (including phenoxy) is 2. The Morgan fingerprint density at radius 2 is 2.00 bits per heavy atom. The summed E-state index contributed by atoms with van der Waals surface area (Å²) in [7, 11) is 0. The van der Waals surface area contributed by atoms with Crippen molar-refractivity contribution in [1.82, 2.24) is 0 Å². The first-order valence-electron chi connectivity index (χ1n) is 5.53. The molecule has 1 aromatic carbocycles. The number of carbonyl (C=O) groups excluding carboxylic acids is 1. The molecule has 16 heavy (non-hydrogen) atoms. The summed E-state index contributed by atoms with van der Waals surface area (Å²) in [5, 5.41) is 0. The molecule has 1 atom stereocenters. The van der Waals surface area contributed by atoms with Gasteiger partial charge >= 0.3 is 5.97 Å². The molecule has 0 saturated carbocycles. The van der Waals surface area contributed by atoms with Crippen molar-refractivity contribution in [2.75, 3.05) is 6.79 Å². The van der Waals surface area contributed by atoms with Gasteiger partial charge in [-0.05, 0) is 18.9 Å². The van der Waals surface area contributed by atoms with Gasteiger partial charge in [-0.15, -0.1) is 0 Å². The Kier molecular flexibility index (Phi) is 5.57. The van der Waals surface area contributed by atoms with Gasteiger partial charge in [0.25, 0.3) is 0 Å². The molecule has 0 N–H and O–H groups in total. The van der Waals surface area contributed by atoms with Crippen LogP contribution in [0.15, 0.2) is 30.3 Å². The lowest BCUT2D eigenvalue weighted by molar-refractivity contribution is -0.159. The standard InChI is InChI=1S/C13H18O3/c1-3-11(2)15-10-16-13(14)9-12-7-5-4-6-8-12/h4-8,11H,3,9-10H2,1-2H3. The molecule has 0 heterocycles. The molecule has 0 bridgehead atoms. The largest absolute Gasteiger partial charge is 0.438 e. The molecule has 0 aliphatic rings. The molecule has 1 aromatic rings. The van der Waals surface area contributed by atoms with E-state index < -0.39 is 0 Å². The maximum absolute atomic E-state index is 11.4. The lowest BCUT2D eigenvalue weighted by atomic mass is 10.2. The number of esters is 1. The summed E-state index contributed by atoms with van der Waals surface area (Å²) < 4.78 is 10.2. The quantitative estimate of drug-likeness (QED) is 0.548. The zero-order valence-corrected chi connectivity index (χ0v) is 9.81. The molecular weight excluding hydrogens is 204 g/mol. The highest BCUT2D eigenvalue weighted by molar-refractivity contribution is 5.72. The van der Waals surface area contributed by atoms with Crippen molar-refractivity contribution < 1.29 is 14.3 Å². The molecule has 0 aromatic heterocycles. The molecule has 0 saturated heterocycles. The van der Waals surface area contributed by atoms with Gasteiger partial charge in [0.2, 0.25) is 0 Å². The van der Waals surface area contributed by atoms with Crippen LogP contribution in [0, 0.1) is 0 Å². The van der Waals surface area contributed by atoms with E-state index in [4.69, 9.17) is 9.47 Å². The van der Waals surface area contributed by atoms with Crippen LogP contribution >= 0.6 is 0 Å². The van der Waals surface area contributed by atoms with Crippen LogP contribution in [0.1, 0.15) is 25.8 Å². The maximum Gasteiger partial charge on any atom is 0.312 e. The number of hydrogen-bond acceptors (Lipinski definition) is 3. The summed E-state index contributed by atoms with van der Waals surface area (Å²) in [6.45, 7) is 4.02. The number of carbonyl (C=O) groups is 1. The van der Waals surface area contributed by atoms with E-state index in [0.717, 1.165) is 12.0 Å². The summed E-state index contributed by atoms with van der Waals surface area (Å²) in [5.74, 6) is -0.255. The molecule has 1 rings (SSSR count). The first-order valence-corrected chi connectivity index (χ1v) is 5.53. The minimum absolute atomic E-state index is 0.0423. The van der Waals surface area contributed by atoms with Crippen molar-refractivity contribution in [3.05, 3.63) is 35.9 Å². The van der Waals surface area contributed by atoms with Gasteiger partial charge in [0.05, 0.1) is 12.5 Å². The Bertz CT molecular complexity index is 308. The molecule has 3 heteroatoms. The molecule has 1 unspecified atom stereocenters. The summed E-state index contributed by atoms with van der Waals surface area (Å²) in [5.41, 5.74) is 0.955. The van der Waals surface area contributed by atoms with Crippen molar-refractivity contribution in [3.8, 4) is 0 Å². The molecule has 0 aliphatic carbocycles. The fourth-order valence-corrected chi connectivity index (χ4v) is 1.15. The molecule has 3 nitrogen and oxygen atoms in total. The second kappa shape index (κ2) is 7.01. The van der Waals surface area contributed by atoms with Crippen molar-refractivity contribution >= 4 is 5.97 Å². The topological polar surface area (TPSA) is 35.5 Å². The number of hydrogen-bond donors (Lipinski definition) is 0. The zero-order chi connectivity index (χ0) is 11.8. The average Bonchev–Trinajstić information content (AvgIpc) is 2.30. The fraction of sp³-hybridized carbons (Fsp3) is 0.462.